The van der Waals surface area contributed by atoms with E-state index >= 15 is 0 Å². The molecule has 3 aromatic rings. The topological polar surface area (TPSA) is 4.93 Å². The molecule has 0 spiro atoms. The number of fused-ring (bicyclic) bond motifs is 1. The van der Waals surface area contributed by atoms with Crippen molar-refractivity contribution < 1.29 is 4.39 Å². The second-order valence-electron chi connectivity index (χ2n) is 4.74. The molecule has 0 saturated heterocycles. The van der Waals surface area contributed by atoms with Crippen LogP contribution in [0.5, 0.6) is 0 Å². The summed E-state index contributed by atoms with van der Waals surface area (Å²) in [7, 11) is 0. The second kappa shape index (κ2) is 4.71. The Bertz CT molecular complexity index is 746. The highest BCUT2D eigenvalue weighted by molar-refractivity contribution is 6.31. The first-order valence-electron chi connectivity index (χ1n) is 6.13. The van der Waals surface area contributed by atoms with Crippen molar-refractivity contribution >= 4 is 22.5 Å². The average Bonchev–Trinajstić information content (AvgIpc) is 2.75. The van der Waals surface area contributed by atoms with Crippen molar-refractivity contribution in [3.8, 4) is 0 Å². The number of nitrogens with zero attached hydrogens (tertiary/aromatic N) is 1. The Morgan fingerprint density at radius 1 is 1.11 bits per heavy atom. The number of hydrogen-bond acceptors (Lipinski definition) is 0. The number of benzene rings is 2. The first-order chi connectivity index (χ1) is 9.13. The highest BCUT2D eigenvalue weighted by Crippen LogP contribution is 2.22. The van der Waals surface area contributed by atoms with Gasteiger partial charge >= 0.3 is 0 Å². The van der Waals surface area contributed by atoms with Crippen molar-refractivity contribution in [2.24, 2.45) is 0 Å². The van der Waals surface area contributed by atoms with Gasteiger partial charge in [-0.1, -0.05) is 23.7 Å². The maximum Gasteiger partial charge on any atom is 0.125 e. The fourth-order valence-corrected chi connectivity index (χ4v) is 2.55. The zero-order valence-corrected chi connectivity index (χ0v) is 11.3. The summed E-state index contributed by atoms with van der Waals surface area (Å²) in [6.45, 7) is 2.65. The molecule has 3 heteroatoms. The van der Waals surface area contributed by atoms with Crippen LogP contribution in [0.1, 0.15) is 11.1 Å². The van der Waals surface area contributed by atoms with E-state index in [4.69, 9.17) is 11.6 Å². The smallest absolute Gasteiger partial charge is 0.125 e. The molecule has 19 heavy (non-hydrogen) atoms. The molecule has 0 aliphatic rings. The van der Waals surface area contributed by atoms with Crippen LogP contribution in [0.15, 0.2) is 48.7 Å². The minimum absolute atomic E-state index is 0.220. The van der Waals surface area contributed by atoms with Gasteiger partial charge in [0.25, 0.3) is 0 Å². The minimum Gasteiger partial charge on any atom is -0.343 e. The van der Waals surface area contributed by atoms with E-state index in [0.29, 0.717) is 6.54 Å². The maximum absolute atomic E-state index is 13.3. The fourth-order valence-electron chi connectivity index (χ4n) is 2.26. The monoisotopic (exact) mass is 273 g/mol. The third kappa shape index (κ3) is 2.36. The lowest BCUT2D eigenvalue weighted by Crippen LogP contribution is -1.99. The second-order valence-corrected chi connectivity index (χ2v) is 5.15. The molecular weight excluding hydrogens is 261 g/mol. The summed E-state index contributed by atoms with van der Waals surface area (Å²) in [4.78, 5) is 0. The number of aryl methyl sites for hydroxylation is 1. The van der Waals surface area contributed by atoms with Gasteiger partial charge in [-0.2, -0.15) is 0 Å². The zero-order chi connectivity index (χ0) is 13.4. The van der Waals surface area contributed by atoms with Gasteiger partial charge in [-0.25, -0.2) is 4.39 Å². The summed E-state index contributed by atoms with van der Waals surface area (Å²) in [6.07, 6.45) is 1.96. The third-order valence-electron chi connectivity index (χ3n) is 3.29. The standard InChI is InChI=1S/C16H13ClFN/c1-11-2-3-13(15(17)8-11)10-19-7-6-12-4-5-14(18)9-16(12)19/h2-9H,10H2,1H3. The van der Waals surface area contributed by atoms with E-state index in [1.54, 1.807) is 12.1 Å². The predicted molar refractivity (Wildman–Crippen MR) is 77.2 cm³/mol. The van der Waals surface area contributed by atoms with Gasteiger partial charge in [0.1, 0.15) is 5.82 Å². The lowest BCUT2D eigenvalue weighted by molar-refractivity contribution is 0.628. The zero-order valence-electron chi connectivity index (χ0n) is 10.5. The molecule has 3 rings (SSSR count). The Balaban J connectivity index is 2.03. The minimum atomic E-state index is -0.220. The lowest BCUT2D eigenvalue weighted by atomic mass is 10.1. The van der Waals surface area contributed by atoms with Crippen molar-refractivity contribution in [3.05, 3.63) is 70.6 Å². The first kappa shape index (κ1) is 12.2. The van der Waals surface area contributed by atoms with E-state index in [2.05, 4.69) is 0 Å². The summed E-state index contributed by atoms with van der Waals surface area (Å²) in [5, 5.41) is 1.78. The first-order valence-corrected chi connectivity index (χ1v) is 6.51. The molecular formula is C16H13ClFN. The van der Waals surface area contributed by atoms with Crippen LogP contribution < -0.4 is 0 Å². The summed E-state index contributed by atoms with van der Waals surface area (Å²) < 4.78 is 15.3. The van der Waals surface area contributed by atoms with Crippen LogP contribution in [0.3, 0.4) is 0 Å². The average molecular weight is 274 g/mol. The molecule has 1 aromatic heterocycles. The van der Waals surface area contributed by atoms with Gasteiger partial charge in [-0.3, -0.25) is 0 Å². The Labute approximate surface area is 116 Å². The molecule has 0 aliphatic carbocycles. The molecule has 0 N–H and O–H groups in total. The van der Waals surface area contributed by atoms with Crippen molar-refractivity contribution in [3.63, 3.8) is 0 Å². The van der Waals surface area contributed by atoms with Crippen LogP contribution >= 0.6 is 11.6 Å². The quantitative estimate of drug-likeness (QED) is 0.633. The summed E-state index contributed by atoms with van der Waals surface area (Å²) >= 11 is 6.24. The van der Waals surface area contributed by atoms with Crippen LogP contribution in [0.25, 0.3) is 10.9 Å². The highest BCUT2D eigenvalue weighted by atomic mass is 35.5. The van der Waals surface area contributed by atoms with Gasteiger partial charge in [0.15, 0.2) is 0 Å². The van der Waals surface area contributed by atoms with Crippen LogP contribution in [-0.2, 0) is 6.54 Å². The maximum atomic E-state index is 13.3. The third-order valence-corrected chi connectivity index (χ3v) is 3.64. The van der Waals surface area contributed by atoms with Crippen molar-refractivity contribution in [2.75, 3.05) is 0 Å². The SMILES string of the molecule is Cc1ccc(Cn2ccc3ccc(F)cc32)c(Cl)c1. The molecule has 0 atom stereocenters. The van der Waals surface area contributed by atoms with Gasteiger partial charge in [0.05, 0.1) is 5.52 Å². The number of halogens is 2. The molecule has 96 valence electrons. The normalized spacial score (nSPS) is 11.1. The largest absolute Gasteiger partial charge is 0.343 e. The Hall–Kier alpha value is -1.80. The summed E-state index contributed by atoms with van der Waals surface area (Å²) in [5.74, 6) is -0.220. The number of hydrogen-bond donors (Lipinski definition) is 0. The molecule has 0 radical (unpaired) electrons. The fraction of sp³-hybridized carbons (Fsp3) is 0.125. The number of rotatable bonds is 2. The van der Waals surface area contributed by atoms with E-state index in [1.165, 1.54) is 6.07 Å². The van der Waals surface area contributed by atoms with E-state index in [-0.39, 0.29) is 5.82 Å². The molecule has 1 nitrogen and oxygen atoms in total. The molecule has 0 fully saturated rings. The molecule has 2 aromatic carbocycles. The van der Waals surface area contributed by atoms with E-state index in [1.807, 2.05) is 42.0 Å². The van der Waals surface area contributed by atoms with Crippen LogP contribution in [0, 0.1) is 12.7 Å². The van der Waals surface area contributed by atoms with Crippen LogP contribution in [0.2, 0.25) is 5.02 Å². The van der Waals surface area contributed by atoms with Crippen molar-refractivity contribution in [2.45, 2.75) is 13.5 Å². The van der Waals surface area contributed by atoms with Crippen LogP contribution in [0.4, 0.5) is 4.39 Å². The molecule has 0 bridgehead atoms. The van der Waals surface area contributed by atoms with Crippen LogP contribution in [-0.4, -0.2) is 4.57 Å². The van der Waals surface area contributed by atoms with Gasteiger partial charge in [0, 0.05) is 17.8 Å². The molecule has 0 saturated carbocycles. The number of aromatic nitrogens is 1. The van der Waals surface area contributed by atoms with Gasteiger partial charge < -0.3 is 4.57 Å². The van der Waals surface area contributed by atoms with E-state index in [0.717, 1.165) is 27.1 Å². The molecule has 0 amide bonds. The Morgan fingerprint density at radius 3 is 2.74 bits per heavy atom. The van der Waals surface area contributed by atoms with Crippen molar-refractivity contribution in [1.29, 1.82) is 0 Å². The highest BCUT2D eigenvalue weighted by Gasteiger charge is 2.06. The van der Waals surface area contributed by atoms with Gasteiger partial charge in [-0.05, 0) is 53.8 Å². The summed E-state index contributed by atoms with van der Waals surface area (Å²) in [6, 6.07) is 12.8. The van der Waals surface area contributed by atoms with E-state index in [9.17, 15) is 4.39 Å². The van der Waals surface area contributed by atoms with Gasteiger partial charge in [0.2, 0.25) is 0 Å². The predicted octanol–water partition coefficient (Wildman–Crippen LogP) is 4.79. The molecule has 0 aliphatic heterocycles. The van der Waals surface area contributed by atoms with E-state index < -0.39 is 0 Å². The Morgan fingerprint density at radius 2 is 1.95 bits per heavy atom. The summed E-state index contributed by atoms with van der Waals surface area (Å²) in [5.41, 5.74) is 3.06. The van der Waals surface area contributed by atoms with Crippen molar-refractivity contribution in [1.82, 2.24) is 4.57 Å². The molecule has 0 unspecified atom stereocenters. The molecule has 1 heterocycles. The van der Waals surface area contributed by atoms with Gasteiger partial charge in [-0.15, -0.1) is 0 Å². The Kier molecular flexibility index (Phi) is 3.03. The lowest BCUT2D eigenvalue weighted by Gasteiger charge is -2.08.